The van der Waals surface area contributed by atoms with Crippen molar-refractivity contribution in [2.45, 2.75) is 26.4 Å². The normalized spacial score (nSPS) is 11.3. The summed E-state index contributed by atoms with van der Waals surface area (Å²) in [5.41, 5.74) is 0.820. The van der Waals surface area contributed by atoms with Crippen molar-refractivity contribution in [3.05, 3.63) is 107 Å². The van der Waals surface area contributed by atoms with Crippen LogP contribution in [0, 0.1) is 15.9 Å². The number of halogens is 3. The van der Waals surface area contributed by atoms with Gasteiger partial charge in [-0.3, -0.25) is 14.9 Å². The van der Waals surface area contributed by atoms with E-state index >= 15 is 0 Å². The van der Waals surface area contributed by atoms with E-state index < -0.39 is 10.7 Å². The van der Waals surface area contributed by atoms with E-state index in [-0.39, 0.29) is 23.6 Å². The van der Waals surface area contributed by atoms with Crippen molar-refractivity contribution in [1.29, 1.82) is 0 Å². The Morgan fingerprint density at radius 1 is 1.19 bits per heavy atom. The molecular formula is C25H19Br2FN4O4. The number of nitrogens with zero attached hydrogens (tertiary/aromatic N) is 4. The second kappa shape index (κ2) is 11.1. The van der Waals surface area contributed by atoms with Crippen molar-refractivity contribution in [3.63, 3.8) is 0 Å². The molecule has 4 aromatic rings. The van der Waals surface area contributed by atoms with Gasteiger partial charge >= 0.3 is 5.69 Å². The maximum absolute atomic E-state index is 13.4. The largest absolute Gasteiger partial charge is 0.481 e. The maximum Gasteiger partial charge on any atom is 0.312 e. The monoisotopic (exact) mass is 616 g/mol. The SMILES string of the molecule is CCCc1nc2ccc(Br)cc2c(=O)n1N=Cc1cc(Br)c(OCc2cccc(F)c2)c([N+](=O)[O-])c1. The predicted molar refractivity (Wildman–Crippen MR) is 142 cm³/mol. The molecule has 0 aliphatic rings. The highest BCUT2D eigenvalue weighted by molar-refractivity contribution is 9.10. The summed E-state index contributed by atoms with van der Waals surface area (Å²) in [5.74, 6) is 0.0594. The zero-order valence-corrected chi connectivity index (χ0v) is 22.1. The van der Waals surface area contributed by atoms with Crippen LogP contribution in [0.15, 0.2) is 73.4 Å². The Bertz CT molecular complexity index is 1560. The number of rotatable bonds is 8. The van der Waals surface area contributed by atoms with Gasteiger partial charge in [0.2, 0.25) is 5.75 Å². The van der Waals surface area contributed by atoms with Crippen molar-refractivity contribution in [2.24, 2.45) is 5.10 Å². The zero-order chi connectivity index (χ0) is 25.8. The molecule has 8 nitrogen and oxygen atoms in total. The molecule has 184 valence electrons. The highest BCUT2D eigenvalue weighted by Crippen LogP contribution is 2.36. The third-order valence-electron chi connectivity index (χ3n) is 5.19. The van der Waals surface area contributed by atoms with Gasteiger partial charge in [-0.15, -0.1) is 0 Å². The number of aromatic nitrogens is 2. The van der Waals surface area contributed by atoms with Crippen LogP contribution in [0.5, 0.6) is 5.75 Å². The fourth-order valence-corrected chi connectivity index (χ4v) is 4.50. The average Bonchev–Trinajstić information content (AvgIpc) is 2.83. The van der Waals surface area contributed by atoms with Crippen molar-refractivity contribution in [1.82, 2.24) is 9.66 Å². The number of nitro benzene ring substituents is 1. The number of aryl methyl sites for hydroxylation is 1. The van der Waals surface area contributed by atoms with E-state index in [2.05, 4.69) is 41.9 Å². The van der Waals surface area contributed by atoms with Crippen molar-refractivity contribution in [2.75, 3.05) is 0 Å². The van der Waals surface area contributed by atoms with Gasteiger partial charge in [0, 0.05) is 22.5 Å². The number of hydrogen-bond donors (Lipinski definition) is 0. The average molecular weight is 618 g/mol. The fourth-order valence-electron chi connectivity index (χ4n) is 3.56. The first-order valence-electron chi connectivity index (χ1n) is 10.9. The highest BCUT2D eigenvalue weighted by atomic mass is 79.9. The summed E-state index contributed by atoms with van der Waals surface area (Å²) in [6, 6.07) is 13.9. The van der Waals surface area contributed by atoms with Crippen molar-refractivity contribution < 1.29 is 14.1 Å². The van der Waals surface area contributed by atoms with Gasteiger partial charge in [-0.25, -0.2) is 9.37 Å². The number of hydrogen-bond acceptors (Lipinski definition) is 6. The van der Waals surface area contributed by atoms with E-state index in [1.807, 2.05) is 13.0 Å². The number of benzene rings is 3. The van der Waals surface area contributed by atoms with Crippen LogP contribution < -0.4 is 10.3 Å². The first kappa shape index (κ1) is 25.6. The number of fused-ring (bicyclic) bond motifs is 1. The minimum atomic E-state index is -0.577. The molecule has 0 saturated heterocycles. The smallest absolute Gasteiger partial charge is 0.312 e. The van der Waals surface area contributed by atoms with Crippen LogP contribution in [-0.4, -0.2) is 20.8 Å². The molecule has 0 radical (unpaired) electrons. The molecule has 36 heavy (non-hydrogen) atoms. The van der Waals surface area contributed by atoms with E-state index in [0.717, 1.165) is 10.9 Å². The van der Waals surface area contributed by atoms with Crippen LogP contribution >= 0.6 is 31.9 Å². The van der Waals surface area contributed by atoms with E-state index in [9.17, 15) is 19.3 Å². The Morgan fingerprint density at radius 3 is 2.72 bits per heavy atom. The molecule has 0 bridgehead atoms. The quantitative estimate of drug-likeness (QED) is 0.130. The zero-order valence-electron chi connectivity index (χ0n) is 19.0. The summed E-state index contributed by atoms with van der Waals surface area (Å²) in [6.45, 7) is 1.91. The summed E-state index contributed by atoms with van der Waals surface area (Å²) in [4.78, 5) is 28.9. The first-order chi connectivity index (χ1) is 17.3. The van der Waals surface area contributed by atoms with Gasteiger partial charge in [0.05, 0.1) is 26.5 Å². The molecular weight excluding hydrogens is 599 g/mol. The molecule has 0 atom stereocenters. The lowest BCUT2D eigenvalue weighted by Gasteiger charge is -2.11. The Morgan fingerprint density at radius 2 is 2.00 bits per heavy atom. The summed E-state index contributed by atoms with van der Waals surface area (Å²) >= 11 is 6.69. The minimum Gasteiger partial charge on any atom is -0.481 e. The molecule has 0 N–H and O–H groups in total. The summed E-state index contributed by atoms with van der Waals surface area (Å²) in [6.07, 6.45) is 2.63. The summed E-state index contributed by atoms with van der Waals surface area (Å²) < 4.78 is 21.4. The summed E-state index contributed by atoms with van der Waals surface area (Å²) in [7, 11) is 0. The van der Waals surface area contributed by atoms with E-state index in [4.69, 9.17) is 4.74 Å². The Labute approximate surface area is 221 Å². The first-order valence-corrected chi connectivity index (χ1v) is 12.5. The molecule has 0 amide bonds. The van der Waals surface area contributed by atoms with Gasteiger partial charge < -0.3 is 4.74 Å². The molecule has 0 aliphatic heterocycles. The van der Waals surface area contributed by atoms with Gasteiger partial charge in [-0.2, -0.15) is 9.78 Å². The molecule has 4 rings (SSSR count). The highest BCUT2D eigenvalue weighted by Gasteiger charge is 2.20. The third kappa shape index (κ3) is 5.68. The van der Waals surface area contributed by atoms with Crippen LogP contribution in [0.2, 0.25) is 0 Å². The second-order valence-electron chi connectivity index (χ2n) is 7.83. The van der Waals surface area contributed by atoms with E-state index in [1.165, 1.54) is 35.2 Å². The standard InChI is InChI=1S/C25H19Br2FN4O4/c1-2-4-23-30-21-8-7-17(26)12-19(21)25(33)31(23)29-13-16-10-20(27)24(22(11-16)32(34)35)36-14-15-5-3-6-18(28)9-15/h3,5-13H,2,4,14H2,1H3. The Hall–Kier alpha value is -3.44. The second-order valence-corrected chi connectivity index (χ2v) is 9.60. The maximum atomic E-state index is 13.4. The number of nitro groups is 1. The van der Waals surface area contributed by atoms with Crippen LogP contribution in [0.1, 0.15) is 30.3 Å². The lowest BCUT2D eigenvalue weighted by atomic mass is 10.2. The van der Waals surface area contributed by atoms with Gasteiger partial charge in [0.1, 0.15) is 18.2 Å². The molecule has 0 aliphatic carbocycles. The van der Waals surface area contributed by atoms with Crippen LogP contribution in [-0.2, 0) is 13.0 Å². The molecule has 11 heteroatoms. The fraction of sp³-hybridized carbons (Fsp3) is 0.160. The lowest BCUT2D eigenvalue weighted by molar-refractivity contribution is -0.386. The van der Waals surface area contributed by atoms with E-state index in [1.54, 1.807) is 24.3 Å². The van der Waals surface area contributed by atoms with Gasteiger partial charge in [0.25, 0.3) is 5.56 Å². The molecule has 0 spiro atoms. The van der Waals surface area contributed by atoms with E-state index in [0.29, 0.717) is 38.7 Å². The molecule has 1 heterocycles. The molecule has 1 aromatic heterocycles. The van der Waals surface area contributed by atoms with Crippen molar-refractivity contribution in [3.8, 4) is 5.75 Å². The van der Waals surface area contributed by atoms with Crippen molar-refractivity contribution >= 4 is 54.7 Å². The van der Waals surface area contributed by atoms with Gasteiger partial charge in [-0.1, -0.05) is 35.0 Å². The minimum absolute atomic E-state index is 0.00229. The lowest BCUT2D eigenvalue weighted by Crippen LogP contribution is -2.22. The topological polar surface area (TPSA) is 99.6 Å². The van der Waals surface area contributed by atoms with Gasteiger partial charge in [0.15, 0.2) is 0 Å². The number of ether oxygens (including phenoxy) is 1. The molecule has 3 aromatic carbocycles. The predicted octanol–water partition coefficient (Wildman–Crippen LogP) is 6.38. The van der Waals surface area contributed by atoms with Crippen LogP contribution in [0.4, 0.5) is 10.1 Å². The Balaban J connectivity index is 1.71. The molecule has 0 unspecified atom stereocenters. The van der Waals surface area contributed by atoms with Gasteiger partial charge in [-0.05, 0) is 64.3 Å². The van der Waals surface area contributed by atoms with Crippen LogP contribution in [0.3, 0.4) is 0 Å². The molecule has 0 saturated carbocycles. The molecule has 0 fully saturated rings. The summed E-state index contributed by atoms with van der Waals surface area (Å²) in [5, 5.41) is 16.5. The Kier molecular flexibility index (Phi) is 7.90. The third-order valence-corrected chi connectivity index (χ3v) is 6.27. The van der Waals surface area contributed by atoms with Crippen LogP contribution in [0.25, 0.3) is 10.9 Å².